The first-order valence-electron chi connectivity index (χ1n) is 7.62. The number of fused-ring (bicyclic) bond motifs is 1. The second-order valence-electron chi connectivity index (χ2n) is 5.49. The van der Waals surface area contributed by atoms with Gasteiger partial charge in [0.05, 0.1) is 14.2 Å². The highest BCUT2D eigenvalue weighted by Gasteiger charge is 2.28. The number of thioether (sulfide) groups is 1. The molecule has 0 bridgehead atoms. The molecular weight excluding hydrogens is 426 g/mol. The number of sulfonamides is 1. The Morgan fingerprint density at radius 2 is 1.84 bits per heavy atom. The van der Waals surface area contributed by atoms with Crippen LogP contribution in [0.5, 0.6) is 11.5 Å². The molecule has 1 aliphatic rings. The molecule has 1 unspecified atom stereocenters. The van der Waals surface area contributed by atoms with Crippen molar-refractivity contribution < 1.29 is 17.9 Å². The predicted molar refractivity (Wildman–Crippen MR) is 102 cm³/mol. The summed E-state index contributed by atoms with van der Waals surface area (Å²) >= 11 is 5.07. The molecule has 0 aliphatic carbocycles. The summed E-state index contributed by atoms with van der Waals surface area (Å²) in [5, 5.41) is 0. The van der Waals surface area contributed by atoms with Crippen LogP contribution in [0.15, 0.2) is 50.7 Å². The number of halogens is 1. The third kappa shape index (κ3) is 3.81. The maximum atomic E-state index is 13.0. The van der Waals surface area contributed by atoms with Gasteiger partial charge < -0.3 is 9.47 Å². The zero-order chi connectivity index (χ0) is 18.0. The van der Waals surface area contributed by atoms with Gasteiger partial charge in [0.15, 0.2) is 11.5 Å². The molecule has 0 spiro atoms. The number of ether oxygens (including phenoxy) is 2. The Bertz CT molecular complexity index is 886. The number of benzene rings is 2. The Labute approximate surface area is 160 Å². The molecule has 0 saturated heterocycles. The largest absolute Gasteiger partial charge is 0.493 e. The van der Waals surface area contributed by atoms with Crippen LogP contribution in [0.1, 0.15) is 18.0 Å². The summed E-state index contributed by atoms with van der Waals surface area (Å²) in [4.78, 5) is 1.24. The van der Waals surface area contributed by atoms with Crippen molar-refractivity contribution in [2.45, 2.75) is 22.3 Å². The Morgan fingerprint density at radius 3 is 2.56 bits per heavy atom. The molecule has 134 valence electrons. The molecule has 1 heterocycles. The van der Waals surface area contributed by atoms with Crippen molar-refractivity contribution in [2.24, 2.45) is 0 Å². The first-order valence-corrected chi connectivity index (χ1v) is 10.9. The molecule has 0 radical (unpaired) electrons. The van der Waals surface area contributed by atoms with Crippen LogP contribution < -0.4 is 14.2 Å². The van der Waals surface area contributed by atoms with Gasteiger partial charge in [-0.1, -0.05) is 18.2 Å². The van der Waals surface area contributed by atoms with Gasteiger partial charge in [-0.05, 0) is 45.8 Å². The average molecular weight is 444 g/mol. The minimum atomic E-state index is -3.73. The molecule has 5 nitrogen and oxygen atoms in total. The van der Waals surface area contributed by atoms with Crippen LogP contribution >= 0.6 is 27.7 Å². The number of hydrogen-bond acceptors (Lipinski definition) is 5. The average Bonchev–Trinajstić information content (AvgIpc) is 2.61. The fourth-order valence-electron chi connectivity index (χ4n) is 2.76. The Balaban J connectivity index is 1.96. The third-order valence-corrected chi connectivity index (χ3v) is 7.54. The van der Waals surface area contributed by atoms with E-state index in [2.05, 4.69) is 20.7 Å². The lowest BCUT2D eigenvalue weighted by Gasteiger charge is -2.26. The van der Waals surface area contributed by atoms with Crippen molar-refractivity contribution in [2.75, 3.05) is 20.0 Å². The Morgan fingerprint density at radius 1 is 1.16 bits per heavy atom. The zero-order valence-electron chi connectivity index (χ0n) is 13.8. The molecule has 1 aliphatic heterocycles. The molecule has 8 heteroatoms. The van der Waals surface area contributed by atoms with Gasteiger partial charge in [-0.15, -0.1) is 11.8 Å². The van der Waals surface area contributed by atoms with Gasteiger partial charge in [0, 0.05) is 21.5 Å². The summed E-state index contributed by atoms with van der Waals surface area (Å²) in [6.07, 6.45) is 0.742. The predicted octanol–water partition coefficient (Wildman–Crippen LogP) is 3.98. The van der Waals surface area contributed by atoms with Crippen molar-refractivity contribution in [1.82, 2.24) is 4.72 Å². The molecular formula is C17H18BrNO4S2. The highest BCUT2D eigenvalue weighted by Crippen LogP contribution is 2.39. The first-order chi connectivity index (χ1) is 12.0. The molecule has 1 atom stereocenters. The van der Waals surface area contributed by atoms with E-state index in [1.807, 2.05) is 24.3 Å². The van der Waals surface area contributed by atoms with Crippen molar-refractivity contribution in [1.29, 1.82) is 0 Å². The molecule has 3 rings (SSSR count). The van der Waals surface area contributed by atoms with E-state index < -0.39 is 10.0 Å². The highest BCUT2D eigenvalue weighted by molar-refractivity contribution is 9.10. The summed E-state index contributed by atoms with van der Waals surface area (Å²) in [5.41, 5.74) is 1.01. The summed E-state index contributed by atoms with van der Waals surface area (Å²) in [5.74, 6) is 1.70. The molecule has 0 aromatic heterocycles. The quantitative estimate of drug-likeness (QED) is 0.756. The van der Waals surface area contributed by atoms with E-state index in [9.17, 15) is 8.42 Å². The standard InChI is InChI=1S/C17H18BrNO4S2/c1-22-14-9-12(18)17(10-15(14)23-2)25(20,21)19-13-7-8-24-16-6-4-3-5-11(13)16/h3-6,9-10,13,19H,7-8H2,1-2H3. The number of nitrogens with one attached hydrogen (secondary N) is 1. The van der Waals surface area contributed by atoms with E-state index in [4.69, 9.17) is 9.47 Å². The molecule has 25 heavy (non-hydrogen) atoms. The van der Waals surface area contributed by atoms with Crippen LogP contribution in [0.2, 0.25) is 0 Å². The molecule has 1 N–H and O–H groups in total. The summed E-state index contributed by atoms with van der Waals surface area (Å²) < 4.78 is 39.6. The van der Waals surface area contributed by atoms with Crippen molar-refractivity contribution in [3.63, 3.8) is 0 Å². The van der Waals surface area contributed by atoms with Gasteiger partial charge in [-0.3, -0.25) is 0 Å². The van der Waals surface area contributed by atoms with Crippen LogP contribution in [-0.2, 0) is 10.0 Å². The lowest BCUT2D eigenvalue weighted by molar-refractivity contribution is 0.353. The number of rotatable bonds is 5. The summed E-state index contributed by atoms with van der Waals surface area (Å²) in [6.45, 7) is 0. The van der Waals surface area contributed by atoms with Crippen molar-refractivity contribution in [3.05, 3.63) is 46.4 Å². The summed E-state index contributed by atoms with van der Waals surface area (Å²) in [7, 11) is -0.749. The fourth-order valence-corrected chi connectivity index (χ4v) is 6.17. The lowest BCUT2D eigenvalue weighted by Crippen LogP contribution is -2.31. The highest BCUT2D eigenvalue weighted by atomic mass is 79.9. The minimum Gasteiger partial charge on any atom is -0.493 e. The van der Waals surface area contributed by atoms with Crippen LogP contribution in [0.3, 0.4) is 0 Å². The monoisotopic (exact) mass is 443 g/mol. The number of methoxy groups -OCH3 is 2. The number of hydrogen-bond donors (Lipinski definition) is 1. The Hall–Kier alpha value is -1.22. The van der Waals surface area contributed by atoms with Crippen LogP contribution in [0.4, 0.5) is 0 Å². The van der Waals surface area contributed by atoms with Gasteiger partial charge in [0.25, 0.3) is 0 Å². The maximum absolute atomic E-state index is 13.0. The molecule has 2 aromatic carbocycles. The normalized spacial score (nSPS) is 17.0. The second kappa shape index (κ2) is 7.57. The smallest absolute Gasteiger partial charge is 0.242 e. The van der Waals surface area contributed by atoms with E-state index in [0.717, 1.165) is 22.6 Å². The van der Waals surface area contributed by atoms with Gasteiger partial charge in [-0.2, -0.15) is 0 Å². The zero-order valence-corrected chi connectivity index (χ0v) is 17.0. The van der Waals surface area contributed by atoms with E-state index >= 15 is 0 Å². The SMILES string of the molecule is COc1cc(Br)c(S(=O)(=O)NC2CCSc3ccccc32)cc1OC. The van der Waals surface area contributed by atoms with Crippen molar-refractivity contribution in [3.8, 4) is 11.5 Å². The van der Waals surface area contributed by atoms with Gasteiger partial charge in [-0.25, -0.2) is 13.1 Å². The van der Waals surface area contributed by atoms with E-state index in [1.54, 1.807) is 17.8 Å². The van der Waals surface area contributed by atoms with Crippen molar-refractivity contribution >= 4 is 37.7 Å². The van der Waals surface area contributed by atoms with Gasteiger partial charge in [0.1, 0.15) is 4.90 Å². The maximum Gasteiger partial charge on any atom is 0.242 e. The topological polar surface area (TPSA) is 64.6 Å². The second-order valence-corrected chi connectivity index (χ2v) is 9.16. The molecule has 2 aromatic rings. The van der Waals surface area contributed by atoms with Gasteiger partial charge >= 0.3 is 0 Å². The molecule has 0 amide bonds. The van der Waals surface area contributed by atoms with E-state index in [1.165, 1.54) is 20.3 Å². The van der Waals surface area contributed by atoms with Crippen LogP contribution in [0.25, 0.3) is 0 Å². The van der Waals surface area contributed by atoms with Crippen LogP contribution in [-0.4, -0.2) is 28.4 Å². The lowest BCUT2D eigenvalue weighted by atomic mass is 10.1. The third-order valence-electron chi connectivity index (χ3n) is 3.98. The summed E-state index contributed by atoms with van der Waals surface area (Å²) in [6, 6.07) is 10.7. The van der Waals surface area contributed by atoms with Crippen LogP contribution in [0, 0.1) is 0 Å². The van der Waals surface area contributed by atoms with E-state index in [0.29, 0.717) is 16.0 Å². The molecule has 0 fully saturated rings. The first kappa shape index (κ1) is 18.6. The minimum absolute atomic E-state index is 0.126. The Kier molecular flexibility index (Phi) is 5.62. The molecule has 0 saturated carbocycles. The van der Waals surface area contributed by atoms with Gasteiger partial charge in [0.2, 0.25) is 10.0 Å². The fraction of sp³-hybridized carbons (Fsp3) is 0.294. The van der Waals surface area contributed by atoms with E-state index in [-0.39, 0.29) is 10.9 Å².